The number of likely N-dealkylation sites (tertiary alicyclic amines) is 1. The van der Waals surface area contributed by atoms with E-state index in [1.807, 2.05) is 6.08 Å². The number of fused-ring (bicyclic) bond motifs is 3. The summed E-state index contributed by atoms with van der Waals surface area (Å²) in [6, 6.07) is 7.03. The van der Waals surface area contributed by atoms with Crippen LogP contribution in [0.25, 0.3) is 0 Å². The van der Waals surface area contributed by atoms with Crippen LogP contribution in [0.2, 0.25) is 0 Å². The molecule has 0 radical (unpaired) electrons. The van der Waals surface area contributed by atoms with E-state index in [2.05, 4.69) is 15.9 Å². The summed E-state index contributed by atoms with van der Waals surface area (Å²) in [7, 11) is 0. The lowest BCUT2D eigenvalue weighted by molar-refractivity contribution is -0.142. The van der Waals surface area contributed by atoms with Crippen LogP contribution in [-0.2, 0) is 24.0 Å². The van der Waals surface area contributed by atoms with E-state index in [4.69, 9.17) is 14.9 Å². The number of ketones is 2. The smallest absolute Gasteiger partial charge is 0.305 e. The number of carbonyl (C=O) groups is 5. The first-order valence-electron chi connectivity index (χ1n) is 12.0. The van der Waals surface area contributed by atoms with Gasteiger partial charge in [0.05, 0.1) is 29.3 Å². The maximum absolute atomic E-state index is 13.4. The van der Waals surface area contributed by atoms with Gasteiger partial charge in [-0.1, -0.05) is 23.8 Å². The minimum absolute atomic E-state index is 0.133. The molecule has 37 heavy (non-hydrogen) atoms. The van der Waals surface area contributed by atoms with Crippen LogP contribution in [0.15, 0.2) is 57.6 Å². The average Bonchev–Trinajstić information content (AvgIpc) is 3.13. The fourth-order valence-electron chi connectivity index (χ4n) is 6.00. The van der Waals surface area contributed by atoms with Crippen LogP contribution in [0.4, 0.5) is 0 Å². The number of benzene rings is 1. The van der Waals surface area contributed by atoms with Crippen molar-refractivity contribution in [3.05, 3.63) is 63.2 Å². The number of rotatable bonds is 7. The Labute approximate surface area is 220 Å². The number of ether oxygens (including phenoxy) is 1. The molecule has 1 aromatic carbocycles. The third kappa shape index (κ3) is 4.27. The Balaban J connectivity index is 1.57. The molecule has 192 valence electrons. The number of aliphatic hydroxyl groups excluding tert-OH is 1. The molecule has 2 amide bonds. The Morgan fingerprint density at radius 2 is 1.81 bits per heavy atom. The molecule has 2 N–H and O–H groups in total. The number of carbonyl (C=O) groups excluding carboxylic acids is 4. The normalized spacial score (nSPS) is 26.9. The van der Waals surface area contributed by atoms with Gasteiger partial charge in [0.2, 0.25) is 11.8 Å². The predicted octanol–water partition coefficient (Wildman–Crippen LogP) is 2.29. The third-order valence-electron chi connectivity index (χ3n) is 7.55. The highest BCUT2D eigenvalue weighted by Gasteiger charge is 2.56. The van der Waals surface area contributed by atoms with Gasteiger partial charge in [-0.2, -0.15) is 0 Å². The lowest BCUT2D eigenvalue weighted by Crippen LogP contribution is -2.39. The van der Waals surface area contributed by atoms with Crippen molar-refractivity contribution < 1.29 is 38.9 Å². The van der Waals surface area contributed by atoms with Crippen molar-refractivity contribution in [3.63, 3.8) is 0 Å². The molecule has 0 saturated carbocycles. The third-order valence-corrected chi connectivity index (χ3v) is 8.13. The number of allylic oxidation sites excluding steroid dienone is 6. The topological polar surface area (TPSA) is 138 Å². The van der Waals surface area contributed by atoms with Crippen LogP contribution in [0, 0.1) is 17.8 Å². The minimum atomic E-state index is -1.10. The fourth-order valence-corrected chi connectivity index (χ4v) is 6.45. The van der Waals surface area contributed by atoms with Gasteiger partial charge in [0.15, 0.2) is 11.6 Å². The number of carboxylic acid groups (broad SMARTS) is 1. The summed E-state index contributed by atoms with van der Waals surface area (Å²) in [5.41, 5.74) is 2.26. The summed E-state index contributed by atoms with van der Waals surface area (Å²) in [5, 5.41) is 18.1. The minimum Gasteiger partial charge on any atom is -0.491 e. The van der Waals surface area contributed by atoms with Crippen molar-refractivity contribution in [3.8, 4) is 5.75 Å². The molecule has 1 aromatic rings. The lowest BCUT2D eigenvalue weighted by Gasteiger charge is -2.42. The zero-order valence-corrected chi connectivity index (χ0v) is 21.3. The van der Waals surface area contributed by atoms with Crippen molar-refractivity contribution in [2.75, 3.05) is 19.8 Å². The number of imide groups is 1. The van der Waals surface area contributed by atoms with E-state index in [-0.39, 0.29) is 54.6 Å². The first-order valence-corrected chi connectivity index (χ1v) is 12.8. The molecule has 1 heterocycles. The number of hydrogen-bond donors (Lipinski definition) is 2. The number of nitrogens with zero attached hydrogens (tertiary/aromatic N) is 1. The van der Waals surface area contributed by atoms with E-state index in [1.165, 1.54) is 6.08 Å². The first-order chi connectivity index (χ1) is 17.7. The molecule has 9 nitrogen and oxygen atoms in total. The molecule has 3 aliphatic carbocycles. The van der Waals surface area contributed by atoms with E-state index < -0.39 is 35.5 Å². The van der Waals surface area contributed by atoms with E-state index in [9.17, 15) is 24.0 Å². The second-order valence-corrected chi connectivity index (χ2v) is 10.4. The maximum atomic E-state index is 13.4. The average molecular weight is 570 g/mol. The molecule has 1 saturated heterocycles. The molecule has 10 heteroatoms. The number of aliphatic hydroxyl groups is 1. The van der Waals surface area contributed by atoms with Crippen LogP contribution in [0.5, 0.6) is 5.75 Å². The fraction of sp³-hybridized carbons (Fsp3) is 0.370. The Kier molecular flexibility index (Phi) is 6.72. The van der Waals surface area contributed by atoms with E-state index in [0.29, 0.717) is 23.3 Å². The van der Waals surface area contributed by atoms with Crippen LogP contribution < -0.4 is 4.74 Å². The van der Waals surface area contributed by atoms with Gasteiger partial charge in [-0.25, -0.2) is 0 Å². The van der Waals surface area contributed by atoms with Gasteiger partial charge in [-0.3, -0.25) is 28.9 Å². The Hall–Kier alpha value is -3.37. The molecule has 0 spiro atoms. The number of carboxylic acids is 1. The lowest BCUT2D eigenvalue weighted by atomic mass is 9.59. The van der Waals surface area contributed by atoms with Crippen LogP contribution in [0.1, 0.15) is 30.7 Å². The molecule has 0 aromatic heterocycles. The molecule has 4 aliphatic rings. The largest absolute Gasteiger partial charge is 0.491 e. The molecule has 1 aliphatic heterocycles. The Morgan fingerprint density at radius 1 is 1.08 bits per heavy atom. The van der Waals surface area contributed by atoms with Crippen LogP contribution in [-0.4, -0.2) is 64.2 Å². The first kappa shape index (κ1) is 25.3. The molecule has 0 unspecified atom stereocenters. The van der Waals surface area contributed by atoms with Gasteiger partial charge in [0, 0.05) is 29.7 Å². The maximum Gasteiger partial charge on any atom is 0.305 e. The van der Waals surface area contributed by atoms with Crippen molar-refractivity contribution in [2.45, 2.75) is 25.2 Å². The number of aliphatic carboxylic acids is 1. The summed E-state index contributed by atoms with van der Waals surface area (Å²) in [4.78, 5) is 65.0. The summed E-state index contributed by atoms with van der Waals surface area (Å²) >= 11 is 3.20. The molecular weight excluding hydrogens is 546 g/mol. The number of amides is 2. The quantitative estimate of drug-likeness (QED) is 0.290. The highest BCUT2D eigenvalue weighted by Crippen LogP contribution is 2.55. The number of hydrogen-bond acceptors (Lipinski definition) is 7. The van der Waals surface area contributed by atoms with Crippen LogP contribution in [0.3, 0.4) is 0 Å². The molecule has 4 atom stereocenters. The highest BCUT2D eigenvalue weighted by atomic mass is 79.9. The van der Waals surface area contributed by atoms with Crippen molar-refractivity contribution >= 4 is 45.3 Å². The van der Waals surface area contributed by atoms with E-state index >= 15 is 0 Å². The standard InChI is InChI=1S/C27H24BrNO8/c28-19-12-20(31)24-18(25(19)34)11-17-15(22(24)13-1-3-14(4-2-13)37-10-9-30)5-6-16-23(17)27(36)29(26(16)35)8-7-21(32)33/h1-5,12,16-17,22-23,30H,6-11H2,(H,32,33)/t16-,17+,22-,23-/m0/s1. The van der Waals surface area contributed by atoms with Crippen LogP contribution >= 0.6 is 15.9 Å². The molecule has 1 fully saturated rings. The Morgan fingerprint density at radius 3 is 2.49 bits per heavy atom. The van der Waals surface area contributed by atoms with Gasteiger partial charge in [0.1, 0.15) is 12.4 Å². The van der Waals surface area contributed by atoms with Gasteiger partial charge < -0.3 is 14.9 Å². The zero-order valence-electron chi connectivity index (χ0n) is 19.7. The summed E-state index contributed by atoms with van der Waals surface area (Å²) in [6.45, 7) is -0.194. The molecule has 0 bridgehead atoms. The van der Waals surface area contributed by atoms with Crippen molar-refractivity contribution in [1.29, 1.82) is 0 Å². The molecule has 5 rings (SSSR count). The second-order valence-electron chi connectivity index (χ2n) is 9.51. The van der Waals surface area contributed by atoms with Gasteiger partial charge >= 0.3 is 5.97 Å². The summed E-state index contributed by atoms with van der Waals surface area (Å²) in [6.07, 6.45) is 3.29. The Bertz CT molecular complexity index is 1310. The van der Waals surface area contributed by atoms with E-state index in [1.54, 1.807) is 24.3 Å². The van der Waals surface area contributed by atoms with Crippen molar-refractivity contribution in [2.24, 2.45) is 17.8 Å². The monoisotopic (exact) mass is 569 g/mol. The van der Waals surface area contributed by atoms with Crippen molar-refractivity contribution in [1.82, 2.24) is 4.90 Å². The molecular formula is C27H24BrNO8. The predicted molar refractivity (Wildman–Crippen MR) is 133 cm³/mol. The van der Waals surface area contributed by atoms with E-state index in [0.717, 1.165) is 16.0 Å². The summed E-state index contributed by atoms with van der Waals surface area (Å²) in [5.74, 6) is -4.38. The zero-order chi connectivity index (χ0) is 26.4. The van der Waals surface area contributed by atoms with Gasteiger partial charge in [0.25, 0.3) is 0 Å². The summed E-state index contributed by atoms with van der Waals surface area (Å²) < 4.78 is 5.61. The number of Topliss-reactive ketones (excluding diaryl/α,β-unsaturated/α-hetero) is 1. The van der Waals surface area contributed by atoms with Gasteiger partial charge in [-0.05, 0) is 52.4 Å². The van der Waals surface area contributed by atoms with Gasteiger partial charge in [-0.15, -0.1) is 0 Å². The SMILES string of the molecule is O=C(O)CCN1C(=O)[C@H]2[C@H](CC=C3[C@H](c4ccc(OCCO)cc4)C4=C(C[C@H]32)C(=O)C(Br)=CC4=O)C1=O. The second kappa shape index (κ2) is 9.83. The highest BCUT2D eigenvalue weighted by molar-refractivity contribution is 9.12. The number of halogens is 1.